The predicted octanol–water partition coefficient (Wildman–Crippen LogP) is 2.01. The van der Waals surface area contributed by atoms with Crippen LogP contribution in [0.1, 0.15) is 37.7 Å². The average Bonchev–Trinajstić information content (AvgIpc) is 3.02. The summed E-state index contributed by atoms with van der Waals surface area (Å²) in [5, 5.41) is -0.993. The minimum Gasteiger partial charge on any atom is -0.342 e. The van der Waals surface area contributed by atoms with E-state index >= 15 is 0 Å². The van der Waals surface area contributed by atoms with Crippen LogP contribution in [-0.4, -0.2) is 50.4 Å². The lowest BCUT2D eigenvalue weighted by Gasteiger charge is -2.43. The molecule has 1 aliphatic carbocycles. The lowest BCUT2D eigenvalue weighted by molar-refractivity contribution is -0.133. The predicted molar refractivity (Wildman–Crippen MR) is 103 cm³/mol. The van der Waals surface area contributed by atoms with Gasteiger partial charge >= 0.3 is 0 Å². The third kappa shape index (κ3) is 3.96. The number of carbonyl (C=O) groups excluding carboxylic acids is 1. The maximum Gasteiger partial charge on any atom is 0.241 e. The van der Waals surface area contributed by atoms with E-state index in [1.807, 2.05) is 30.3 Å². The van der Waals surface area contributed by atoms with Crippen LogP contribution in [0.25, 0.3) is 0 Å². The van der Waals surface area contributed by atoms with Crippen LogP contribution in [0.3, 0.4) is 0 Å². The fourth-order valence-corrected chi connectivity index (χ4v) is 5.87. The van der Waals surface area contributed by atoms with Gasteiger partial charge in [0.2, 0.25) is 5.91 Å². The van der Waals surface area contributed by atoms with E-state index in [2.05, 4.69) is 0 Å². The summed E-state index contributed by atoms with van der Waals surface area (Å²) in [6.45, 7) is 2.01. The number of nitrogens with zero attached hydrogens (tertiary/aromatic N) is 1. The molecule has 0 aromatic heterocycles. The molecule has 1 saturated carbocycles. The molecule has 2 N–H and O–H groups in total. The van der Waals surface area contributed by atoms with Crippen molar-refractivity contribution in [3.8, 4) is 0 Å². The number of benzene rings is 1. The smallest absolute Gasteiger partial charge is 0.241 e. The van der Waals surface area contributed by atoms with Crippen LogP contribution in [0.2, 0.25) is 0 Å². The summed E-state index contributed by atoms with van der Waals surface area (Å²) in [6.07, 6.45) is 6.90. The Morgan fingerprint density at radius 2 is 1.88 bits per heavy atom. The molecular weight excluding hydrogens is 348 g/mol. The number of nitrogens with two attached hydrogens (primary N) is 1. The highest BCUT2D eigenvalue weighted by atomic mass is 32.2. The molecule has 1 aromatic rings. The minimum absolute atomic E-state index is 0.242. The molecule has 144 valence electrons. The standard InChI is InChI=1S/C20H30N2O3S/c1-26(24,25)18(14-16-6-3-2-4-7-16)19(23)22-12-10-20(11-13-22)9-5-8-17(20)15-21/h2-4,6-7,17-18H,5,8-15,21H2,1H3. The summed E-state index contributed by atoms with van der Waals surface area (Å²) in [5.41, 5.74) is 7.11. The summed E-state index contributed by atoms with van der Waals surface area (Å²) < 4.78 is 24.6. The van der Waals surface area contributed by atoms with Gasteiger partial charge in [0.05, 0.1) is 0 Å². The van der Waals surface area contributed by atoms with Crippen molar-refractivity contribution in [1.82, 2.24) is 4.90 Å². The summed E-state index contributed by atoms with van der Waals surface area (Å²) in [6, 6.07) is 9.39. The molecule has 1 amide bonds. The molecule has 2 atom stereocenters. The van der Waals surface area contributed by atoms with Crippen molar-refractivity contribution < 1.29 is 13.2 Å². The Morgan fingerprint density at radius 1 is 1.23 bits per heavy atom. The molecule has 0 bridgehead atoms. The molecule has 0 radical (unpaired) electrons. The van der Waals surface area contributed by atoms with Gasteiger partial charge in [0.15, 0.2) is 9.84 Å². The average molecular weight is 379 g/mol. The Kier molecular flexibility index (Phi) is 5.72. The lowest BCUT2D eigenvalue weighted by atomic mass is 9.70. The van der Waals surface area contributed by atoms with E-state index in [4.69, 9.17) is 5.73 Å². The second-order valence-corrected chi connectivity index (χ2v) is 10.2. The zero-order chi connectivity index (χ0) is 18.8. The number of amides is 1. The molecule has 1 heterocycles. The monoisotopic (exact) mass is 378 g/mol. The number of sulfone groups is 1. The molecule has 2 aliphatic rings. The number of carbonyl (C=O) groups is 1. The third-order valence-corrected chi connectivity index (χ3v) is 7.91. The second-order valence-electron chi connectivity index (χ2n) is 8.02. The zero-order valence-electron chi connectivity index (χ0n) is 15.6. The molecular formula is C20H30N2O3S. The largest absolute Gasteiger partial charge is 0.342 e. The van der Waals surface area contributed by atoms with Gasteiger partial charge in [-0.3, -0.25) is 4.79 Å². The normalized spacial score (nSPS) is 23.9. The van der Waals surface area contributed by atoms with E-state index in [1.54, 1.807) is 4.90 Å². The van der Waals surface area contributed by atoms with Crippen LogP contribution in [0.15, 0.2) is 30.3 Å². The molecule has 1 aliphatic heterocycles. The molecule has 26 heavy (non-hydrogen) atoms. The van der Waals surface area contributed by atoms with E-state index in [0.717, 1.165) is 18.4 Å². The maximum absolute atomic E-state index is 13.0. The van der Waals surface area contributed by atoms with Gasteiger partial charge in [-0.1, -0.05) is 36.8 Å². The highest BCUT2D eigenvalue weighted by Crippen LogP contribution is 2.50. The van der Waals surface area contributed by atoms with E-state index in [-0.39, 0.29) is 17.7 Å². The van der Waals surface area contributed by atoms with Crippen LogP contribution < -0.4 is 5.73 Å². The van der Waals surface area contributed by atoms with E-state index < -0.39 is 15.1 Å². The van der Waals surface area contributed by atoms with E-state index in [9.17, 15) is 13.2 Å². The highest BCUT2D eigenvalue weighted by molar-refractivity contribution is 7.92. The van der Waals surface area contributed by atoms with Crippen LogP contribution in [0, 0.1) is 11.3 Å². The summed E-state index contributed by atoms with van der Waals surface area (Å²) in [7, 11) is -3.47. The van der Waals surface area contributed by atoms with Gasteiger partial charge in [0, 0.05) is 19.3 Å². The van der Waals surface area contributed by atoms with Gasteiger partial charge in [0.25, 0.3) is 0 Å². The number of rotatable bonds is 5. The van der Waals surface area contributed by atoms with Crippen LogP contribution in [0.5, 0.6) is 0 Å². The molecule has 1 aromatic carbocycles. The SMILES string of the molecule is CS(=O)(=O)C(Cc1ccccc1)C(=O)N1CCC2(CCCC2CN)CC1. The Bertz CT molecular complexity index is 725. The van der Waals surface area contributed by atoms with Crippen molar-refractivity contribution in [1.29, 1.82) is 0 Å². The van der Waals surface area contributed by atoms with Crippen LogP contribution in [-0.2, 0) is 21.1 Å². The summed E-state index contributed by atoms with van der Waals surface area (Å²) >= 11 is 0. The quantitative estimate of drug-likeness (QED) is 0.850. The van der Waals surface area contributed by atoms with Gasteiger partial charge < -0.3 is 10.6 Å². The molecule has 6 heteroatoms. The first-order valence-corrected chi connectivity index (χ1v) is 11.5. The first kappa shape index (κ1) is 19.4. The summed E-state index contributed by atoms with van der Waals surface area (Å²) in [5.74, 6) is 0.309. The molecule has 2 fully saturated rings. The fraction of sp³-hybridized carbons (Fsp3) is 0.650. The van der Waals surface area contributed by atoms with E-state index in [0.29, 0.717) is 25.6 Å². The van der Waals surface area contributed by atoms with Crippen molar-refractivity contribution in [2.24, 2.45) is 17.1 Å². The van der Waals surface area contributed by atoms with Crippen molar-refractivity contribution in [2.45, 2.75) is 43.8 Å². The van der Waals surface area contributed by atoms with Gasteiger partial charge in [-0.05, 0) is 55.5 Å². The number of likely N-dealkylation sites (tertiary alicyclic amines) is 1. The first-order chi connectivity index (χ1) is 12.4. The van der Waals surface area contributed by atoms with Crippen molar-refractivity contribution in [2.75, 3.05) is 25.9 Å². The Morgan fingerprint density at radius 3 is 2.46 bits per heavy atom. The molecule has 1 spiro atoms. The van der Waals surface area contributed by atoms with Gasteiger partial charge in [-0.2, -0.15) is 0 Å². The summed E-state index contributed by atoms with van der Waals surface area (Å²) in [4.78, 5) is 14.8. The molecule has 1 saturated heterocycles. The first-order valence-electron chi connectivity index (χ1n) is 9.57. The topological polar surface area (TPSA) is 80.5 Å². The zero-order valence-corrected chi connectivity index (χ0v) is 16.4. The minimum atomic E-state index is -3.47. The maximum atomic E-state index is 13.0. The molecule has 3 rings (SSSR count). The van der Waals surface area contributed by atoms with Crippen LogP contribution in [0.4, 0.5) is 0 Å². The highest BCUT2D eigenvalue weighted by Gasteiger charge is 2.45. The van der Waals surface area contributed by atoms with Crippen molar-refractivity contribution >= 4 is 15.7 Å². The third-order valence-electron chi connectivity index (χ3n) is 6.50. The van der Waals surface area contributed by atoms with Gasteiger partial charge in [-0.15, -0.1) is 0 Å². The van der Waals surface area contributed by atoms with Crippen molar-refractivity contribution in [3.05, 3.63) is 35.9 Å². The molecule has 5 nitrogen and oxygen atoms in total. The number of hydrogen-bond donors (Lipinski definition) is 1. The Hall–Kier alpha value is -1.40. The Balaban J connectivity index is 1.70. The van der Waals surface area contributed by atoms with E-state index in [1.165, 1.54) is 25.5 Å². The second kappa shape index (κ2) is 7.69. The fourth-order valence-electron chi connectivity index (χ4n) is 4.86. The lowest BCUT2D eigenvalue weighted by Crippen LogP contribution is -2.50. The molecule has 2 unspecified atom stereocenters. The number of piperidine rings is 1. The van der Waals surface area contributed by atoms with Gasteiger partial charge in [-0.25, -0.2) is 8.42 Å². The van der Waals surface area contributed by atoms with Gasteiger partial charge in [0.1, 0.15) is 5.25 Å². The van der Waals surface area contributed by atoms with Crippen molar-refractivity contribution in [3.63, 3.8) is 0 Å². The Labute approximate surface area is 156 Å². The number of hydrogen-bond acceptors (Lipinski definition) is 4. The van der Waals surface area contributed by atoms with Crippen LogP contribution >= 0.6 is 0 Å².